The Kier molecular flexibility index (Phi) is 6.69. The maximum absolute atomic E-state index is 13.7. The van der Waals surface area contributed by atoms with Crippen LogP contribution in [0.4, 0.5) is 8.78 Å². The molecule has 0 radical (unpaired) electrons. The van der Waals surface area contributed by atoms with Gasteiger partial charge in [-0.25, -0.2) is 13.5 Å². The van der Waals surface area contributed by atoms with Gasteiger partial charge in [-0.2, -0.15) is 0 Å². The summed E-state index contributed by atoms with van der Waals surface area (Å²) in [6.07, 6.45) is 0. The van der Waals surface area contributed by atoms with Gasteiger partial charge in [-0.1, -0.05) is 54.6 Å². The average molecular weight is 461 g/mol. The molecule has 5 rings (SSSR count). The zero-order valence-electron chi connectivity index (χ0n) is 18.8. The average Bonchev–Trinajstić information content (AvgIpc) is 3.31. The number of aromatic nitrogens is 4. The Labute approximate surface area is 197 Å². The van der Waals surface area contributed by atoms with E-state index < -0.39 is 0 Å². The van der Waals surface area contributed by atoms with Crippen LogP contribution in [0.3, 0.4) is 0 Å². The van der Waals surface area contributed by atoms with Gasteiger partial charge < -0.3 is 0 Å². The highest BCUT2D eigenvalue weighted by atomic mass is 19.1. The van der Waals surface area contributed by atoms with Crippen molar-refractivity contribution in [1.82, 2.24) is 30.0 Å². The Morgan fingerprint density at radius 1 is 0.706 bits per heavy atom. The van der Waals surface area contributed by atoms with Crippen LogP contribution in [0.25, 0.3) is 0 Å². The Balaban J connectivity index is 1.38. The highest BCUT2D eigenvalue weighted by Crippen LogP contribution is 2.29. The van der Waals surface area contributed by atoms with E-state index >= 15 is 0 Å². The van der Waals surface area contributed by atoms with Crippen LogP contribution in [0, 0.1) is 11.6 Å². The summed E-state index contributed by atoms with van der Waals surface area (Å²) in [5.41, 5.74) is 3.14. The molecule has 1 fully saturated rings. The van der Waals surface area contributed by atoms with Crippen LogP contribution >= 0.6 is 0 Å². The summed E-state index contributed by atoms with van der Waals surface area (Å²) in [6.45, 7) is 4.82. The van der Waals surface area contributed by atoms with Crippen LogP contribution < -0.4 is 0 Å². The lowest BCUT2D eigenvalue weighted by Gasteiger charge is -2.39. The topological polar surface area (TPSA) is 50.1 Å². The second-order valence-electron chi connectivity index (χ2n) is 8.57. The molecule has 0 N–H and O–H groups in total. The van der Waals surface area contributed by atoms with Crippen molar-refractivity contribution in [2.24, 2.45) is 0 Å². The third kappa shape index (κ3) is 5.18. The predicted octanol–water partition coefficient (Wildman–Crippen LogP) is 3.91. The molecule has 0 bridgehead atoms. The second kappa shape index (κ2) is 10.2. The molecule has 0 amide bonds. The monoisotopic (exact) mass is 460 g/mol. The van der Waals surface area contributed by atoms with E-state index in [1.54, 1.807) is 28.9 Å². The molecule has 0 unspecified atom stereocenters. The van der Waals surface area contributed by atoms with Crippen LogP contribution in [0.2, 0.25) is 0 Å². The lowest BCUT2D eigenvalue weighted by Crippen LogP contribution is -2.48. The lowest BCUT2D eigenvalue weighted by atomic mass is 10.0. The van der Waals surface area contributed by atoms with Crippen molar-refractivity contribution in [2.45, 2.75) is 19.1 Å². The molecule has 1 saturated heterocycles. The van der Waals surface area contributed by atoms with Crippen molar-refractivity contribution in [3.63, 3.8) is 0 Å². The Bertz CT molecular complexity index is 1190. The van der Waals surface area contributed by atoms with Crippen molar-refractivity contribution in [3.8, 4) is 0 Å². The zero-order chi connectivity index (χ0) is 23.3. The van der Waals surface area contributed by atoms with Gasteiger partial charge in [0.25, 0.3) is 0 Å². The van der Waals surface area contributed by atoms with E-state index in [9.17, 15) is 8.78 Å². The molecule has 34 heavy (non-hydrogen) atoms. The molecular weight excluding hydrogens is 434 g/mol. The van der Waals surface area contributed by atoms with Crippen molar-refractivity contribution >= 4 is 0 Å². The van der Waals surface area contributed by atoms with Crippen LogP contribution in [-0.4, -0.2) is 56.2 Å². The smallest absolute Gasteiger partial charge is 0.173 e. The molecule has 0 saturated carbocycles. The van der Waals surface area contributed by atoms with Gasteiger partial charge in [0.2, 0.25) is 0 Å². The fourth-order valence-electron chi connectivity index (χ4n) is 4.47. The minimum Gasteiger partial charge on any atom is -0.297 e. The van der Waals surface area contributed by atoms with Crippen LogP contribution in [0.5, 0.6) is 0 Å². The summed E-state index contributed by atoms with van der Waals surface area (Å²) >= 11 is 0. The summed E-state index contributed by atoms with van der Waals surface area (Å²) in [6, 6.07) is 23.1. The highest BCUT2D eigenvalue weighted by molar-refractivity contribution is 5.26. The molecule has 0 spiro atoms. The largest absolute Gasteiger partial charge is 0.297 e. The molecule has 4 aromatic rings. The first-order chi connectivity index (χ1) is 16.7. The maximum atomic E-state index is 13.7. The summed E-state index contributed by atoms with van der Waals surface area (Å²) in [7, 11) is 0. The van der Waals surface area contributed by atoms with E-state index in [1.165, 1.54) is 29.8 Å². The molecule has 1 atom stereocenters. The van der Waals surface area contributed by atoms with Gasteiger partial charge >= 0.3 is 0 Å². The SMILES string of the molecule is Fc1ccc(Cn2nnnc2[C@H](c2ccc(F)cc2)N2CCN(Cc3ccccc3)CC2)cc1. The van der Waals surface area contributed by atoms with Gasteiger partial charge in [0, 0.05) is 32.7 Å². The van der Waals surface area contributed by atoms with Gasteiger partial charge in [-0.3, -0.25) is 9.80 Å². The van der Waals surface area contributed by atoms with E-state index in [-0.39, 0.29) is 17.7 Å². The summed E-state index contributed by atoms with van der Waals surface area (Å²) in [5.74, 6) is 0.131. The quantitative estimate of drug-likeness (QED) is 0.419. The molecule has 3 aromatic carbocycles. The minimum atomic E-state index is -0.279. The molecule has 1 aromatic heterocycles. The van der Waals surface area contributed by atoms with Crippen LogP contribution in [0.15, 0.2) is 78.9 Å². The Hall–Kier alpha value is -3.49. The highest BCUT2D eigenvalue weighted by Gasteiger charge is 2.30. The third-order valence-corrected chi connectivity index (χ3v) is 6.26. The number of nitrogens with zero attached hydrogens (tertiary/aromatic N) is 6. The molecule has 1 aliphatic rings. The fourth-order valence-corrected chi connectivity index (χ4v) is 4.47. The van der Waals surface area contributed by atoms with Gasteiger partial charge in [-0.05, 0) is 51.4 Å². The van der Waals surface area contributed by atoms with Crippen LogP contribution in [0.1, 0.15) is 28.6 Å². The second-order valence-corrected chi connectivity index (χ2v) is 8.57. The fraction of sp³-hybridized carbons (Fsp3) is 0.269. The molecule has 6 nitrogen and oxygen atoms in total. The number of halogens is 2. The Morgan fingerprint density at radius 2 is 1.32 bits per heavy atom. The van der Waals surface area contributed by atoms with Crippen molar-refractivity contribution in [3.05, 3.63) is 113 Å². The maximum Gasteiger partial charge on any atom is 0.173 e. The van der Waals surface area contributed by atoms with Crippen molar-refractivity contribution < 1.29 is 8.78 Å². The van der Waals surface area contributed by atoms with E-state index in [2.05, 4.69) is 49.6 Å². The number of rotatable bonds is 7. The first kappa shape index (κ1) is 22.3. The molecule has 8 heteroatoms. The van der Waals surface area contributed by atoms with Gasteiger partial charge in [0.1, 0.15) is 11.6 Å². The van der Waals surface area contributed by atoms with Gasteiger partial charge in [0.15, 0.2) is 5.82 Å². The van der Waals surface area contributed by atoms with E-state index in [1.807, 2.05) is 6.07 Å². The summed E-state index contributed by atoms with van der Waals surface area (Å²) in [5, 5.41) is 12.5. The Morgan fingerprint density at radius 3 is 2.00 bits per heavy atom. The van der Waals surface area contributed by atoms with E-state index in [0.717, 1.165) is 43.9 Å². The molecule has 174 valence electrons. The first-order valence-electron chi connectivity index (χ1n) is 11.4. The first-order valence-corrected chi connectivity index (χ1v) is 11.4. The predicted molar refractivity (Wildman–Crippen MR) is 125 cm³/mol. The lowest BCUT2D eigenvalue weighted by molar-refractivity contribution is 0.100. The van der Waals surface area contributed by atoms with E-state index in [4.69, 9.17) is 0 Å². The molecular formula is C26H26F2N6. The minimum absolute atomic E-state index is 0.213. The van der Waals surface area contributed by atoms with Gasteiger partial charge in [-0.15, -0.1) is 5.10 Å². The standard InChI is InChI=1S/C26H26F2N6/c27-23-10-6-21(7-11-23)19-34-26(29-30-31-34)25(22-8-12-24(28)13-9-22)33-16-14-32(15-17-33)18-20-4-2-1-3-5-20/h1-13,25H,14-19H2/t25-/m0/s1. The summed E-state index contributed by atoms with van der Waals surface area (Å²) < 4.78 is 28.8. The normalized spacial score (nSPS) is 15.9. The number of tetrazole rings is 1. The van der Waals surface area contributed by atoms with Gasteiger partial charge in [0.05, 0.1) is 12.6 Å². The van der Waals surface area contributed by atoms with E-state index in [0.29, 0.717) is 12.4 Å². The third-order valence-electron chi connectivity index (χ3n) is 6.26. The number of benzene rings is 3. The molecule has 2 heterocycles. The number of hydrogen-bond donors (Lipinski definition) is 0. The number of piperazine rings is 1. The molecule has 0 aliphatic carbocycles. The zero-order valence-corrected chi connectivity index (χ0v) is 18.8. The van der Waals surface area contributed by atoms with Crippen LogP contribution in [-0.2, 0) is 13.1 Å². The molecule has 1 aliphatic heterocycles. The number of hydrogen-bond acceptors (Lipinski definition) is 5. The van der Waals surface area contributed by atoms with Crippen molar-refractivity contribution in [1.29, 1.82) is 0 Å². The summed E-state index contributed by atoms with van der Waals surface area (Å²) in [4.78, 5) is 4.79. The van der Waals surface area contributed by atoms with Crippen molar-refractivity contribution in [2.75, 3.05) is 26.2 Å².